The molecular weight excluding hydrogens is 236 g/mol. The highest BCUT2D eigenvalue weighted by Gasteiger charge is 2.22. The number of benzene rings is 1. The first-order chi connectivity index (χ1) is 9.36. The standard InChI is InChI=1S/C15H20N4/c1-2-19-9-5-7-13(19)11-17-15-16-10-12-6-3-4-8-14(12)18-15/h3-4,6,8,10,13H,2,5,7,9,11H2,1H3,(H,16,17,18). The zero-order chi connectivity index (χ0) is 13.1. The summed E-state index contributed by atoms with van der Waals surface area (Å²) in [7, 11) is 0. The minimum atomic E-state index is 0.625. The summed E-state index contributed by atoms with van der Waals surface area (Å²) in [4.78, 5) is 11.4. The number of hydrogen-bond acceptors (Lipinski definition) is 4. The summed E-state index contributed by atoms with van der Waals surface area (Å²) in [6.45, 7) is 5.52. The average Bonchev–Trinajstić information content (AvgIpc) is 2.92. The van der Waals surface area contributed by atoms with Crippen LogP contribution in [0.5, 0.6) is 0 Å². The van der Waals surface area contributed by atoms with Crippen molar-refractivity contribution in [2.75, 3.05) is 25.0 Å². The van der Waals surface area contributed by atoms with Crippen molar-refractivity contribution in [2.45, 2.75) is 25.8 Å². The molecule has 0 amide bonds. The van der Waals surface area contributed by atoms with E-state index in [0.29, 0.717) is 6.04 Å². The van der Waals surface area contributed by atoms with Gasteiger partial charge in [-0.1, -0.05) is 25.1 Å². The van der Waals surface area contributed by atoms with Crippen LogP contribution in [0.15, 0.2) is 30.5 Å². The summed E-state index contributed by atoms with van der Waals surface area (Å²) in [6, 6.07) is 8.70. The van der Waals surface area contributed by atoms with Crippen LogP contribution < -0.4 is 5.32 Å². The molecule has 1 saturated heterocycles. The number of rotatable bonds is 4. The van der Waals surface area contributed by atoms with Gasteiger partial charge in [-0.3, -0.25) is 4.90 Å². The lowest BCUT2D eigenvalue weighted by atomic mass is 10.2. The van der Waals surface area contributed by atoms with E-state index in [9.17, 15) is 0 Å². The molecule has 1 aromatic carbocycles. The van der Waals surface area contributed by atoms with E-state index in [0.717, 1.165) is 29.9 Å². The highest BCUT2D eigenvalue weighted by molar-refractivity contribution is 5.78. The van der Waals surface area contributed by atoms with Crippen molar-refractivity contribution in [3.63, 3.8) is 0 Å². The SMILES string of the molecule is CCN1CCCC1CNc1ncc2ccccc2n1. The van der Waals surface area contributed by atoms with Crippen molar-refractivity contribution in [1.29, 1.82) is 0 Å². The molecule has 0 bridgehead atoms. The predicted octanol–water partition coefficient (Wildman–Crippen LogP) is 2.53. The maximum absolute atomic E-state index is 4.55. The maximum atomic E-state index is 4.55. The third kappa shape index (κ3) is 2.68. The van der Waals surface area contributed by atoms with Gasteiger partial charge in [-0.05, 0) is 32.0 Å². The second-order valence-corrected chi connectivity index (χ2v) is 5.06. The quantitative estimate of drug-likeness (QED) is 0.912. The average molecular weight is 256 g/mol. The molecule has 3 rings (SSSR count). The second-order valence-electron chi connectivity index (χ2n) is 5.06. The van der Waals surface area contributed by atoms with Crippen molar-refractivity contribution in [3.8, 4) is 0 Å². The van der Waals surface area contributed by atoms with Crippen LogP contribution in [0.2, 0.25) is 0 Å². The number of nitrogens with one attached hydrogen (secondary N) is 1. The Morgan fingerprint density at radius 3 is 3.16 bits per heavy atom. The molecular formula is C15H20N4. The number of likely N-dealkylation sites (N-methyl/N-ethyl adjacent to an activating group) is 1. The van der Waals surface area contributed by atoms with Gasteiger partial charge < -0.3 is 5.32 Å². The fourth-order valence-electron chi connectivity index (χ4n) is 2.81. The van der Waals surface area contributed by atoms with Gasteiger partial charge in [0.05, 0.1) is 5.52 Å². The van der Waals surface area contributed by atoms with Gasteiger partial charge in [0.15, 0.2) is 0 Å². The van der Waals surface area contributed by atoms with E-state index in [1.807, 2.05) is 30.5 Å². The van der Waals surface area contributed by atoms with Crippen LogP contribution in [-0.2, 0) is 0 Å². The largest absolute Gasteiger partial charge is 0.353 e. The lowest BCUT2D eigenvalue weighted by Gasteiger charge is -2.22. The maximum Gasteiger partial charge on any atom is 0.223 e. The molecule has 0 radical (unpaired) electrons. The highest BCUT2D eigenvalue weighted by atomic mass is 15.2. The van der Waals surface area contributed by atoms with Gasteiger partial charge in [0.2, 0.25) is 5.95 Å². The Bertz CT molecular complexity index is 555. The highest BCUT2D eigenvalue weighted by Crippen LogP contribution is 2.17. The zero-order valence-electron chi connectivity index (χ0n) is 11.3. The Hall–Kier alpha value is -1.68. The third-order valence-electron chi connectivity index (χ3n) is 3.89. The normalized spacial score (nSPS) is 19.9. The van der Waals surface area contributed by atoms with E-state index in [-0.39, 0.29) is 0 Å². The van der Waals surface area contributed by atoms with Gasteiger partial charge >= 0.3 is 0 Å². The molecule has 1 atom stereocenters. The Balaban J connectivity index is 1.68. The van der Waals surface area contributed by atoms with Crippen LogP contribution in [0.3, 0.4) is 0 Å². The van der Waals surface area contributed by atoms with Crippen molar-refractivity contribution < 1.29 is 0 Å². The van der Waals surface area contributed by atoms with E-state index >= 15 is 0 Å². The minimum Gasteiger partial charge on any atom is -0.353 e. The first kappa shape index (κ1) is 12.4. The number of anilines is 1. The summed E-state index contributed by atoms with van der Waals surface area (Å²) in [5, 5.41) is 4.47. The smallest absolute Gasteiger partial charge is 0.223 e. The van der Waals surface area contributed by atoms with E-state index < -0.39 is 0 Å². The Morgan fingerprint density at radius 1 is 1.37 bits per heavy atom. The second kappa shape index (κ2) is 5.53. The summed E-state index contributed by atoms with van der Waals surface area (Å²) in [5.74, 6) is 0.738. The summed E-state index contributed by atoms with van der Waals surface area (Å²) in [6.07, 6.45) is 4.46. The van der Waals surface area contributed by atoms with Crippen LogP contribution in [0, 0.1) is 0 Å². The molecule has 1 aliphatic rings. The molecule has 4 nitrogen and oxygen atoms in total. The lowest BCUT2D eigenvalue weighted by Crippen LogP contribution is -2.34. The van der Waals surface area contributed by atoms with Crippen molar-refractivity contribution in [3.05, 3.63) is 30.5 Å². The van der Waals surface area contributed by atoms with Crippen LogP contribution in [0.1, 0.15) is 19.8 Å². The Kier molecular flexibility index (Phi) is 3.60. The molecule has 0 aliphatic carbocycles. The van der Waals surface area contributed by atoms with E-state index in [2.05, 4.69) is 27.1 Å². The van der Waals surface area contributed by atoms with Crippen molar-refractivity contribution in [2.24, 2.45) is 0 Å². The fourth-order valence-corrected chi connectivity index (χ4v) is 2.81. The zero-order valence-corrected chi connectivity index (χ0v) is 11.3. The number of nitrogens with zero attached hydrogens (tertiary/aromatic N) is 3. The van der Waals surface area contributed by atoms with Gasteiger partial charge in [-0.2, -0.15) is 0 Å². The first-order valence-electron chi connectivity index (χ1n) is 7.06. The fraction of sp³-hybridized carbons (Fsp3) is 0.467. The monoisotopic (exact) mass is 256 g/mol. The number of fused-ring (bicyclic) bond motifs is 1. The molecule has 1 unspecified atom stereocenters. The molecule has 100 valence electrons. The van der Waals surface area contributed by atoms with Gasteiger partial charge in [-0.15, -0.1) is 0 Å². The molecule has 2 aromatic rings. The molecule has 1 N–H and O–H groups in total. The third-order valence-corrected chi connectivity index (χ3v) is 3.89. The Morgan fingerprint density at radius 2 is 2.26 bits per heavy atom. The molecule has 1 fully saturated rings. The molecule has 0 spiro atoms. The van der Waals surface area contributed by atoms with Crippen molar-refractivity contribution in [1.82, 2.24) is 14.9 Å². The summed E-state index contributed by atoms with van der Waals surface area (Å²) >= 11 is 0. The summed E-state index contributed by atoms with van der Waals surface area (Å²) in [5.41, 5.74) is 0.999. The van der Waals surface area contributed by atoms with Crippen LogP contribution in [0.25, 0.3) is 10.9 Å². The molecule has 4 heteroatoms. The van der Waals surface area contributed by atoms with E-state index in [1.165, 1.54) is 19.4 Å². The van der Waals surface area contributed by atoms with Crippen molar-refractivity contribution >= 4 is 16.9 Å². The minimum absolute atomic E-state index is 0.625. The first-order valence-corrected chi connectivity index (χ1v) is 7.06. The number of aromatic nitrogens is 2. The molecule has 0 saturated carbocycles. The van der Waals surface area contributed by atoms with Crippen LogP contribution >= 0.6 is 0 Å². The molecule has 1 aromatic heterocycles. The topological polar surface area (TPSA) is 41.0 Å². The molecule has 19 heavy (non-hydrogen) atoms. The van der Waals surface area contributed by atoms with Gasteiger partial charge in [0.25, 0.3) is 0 Å². The lowest BCUT2D eigenvalue weighted by molar-refractivity contribution is 0.277. The van der Waals surface area contributed by atoms with Crippen LogP contribution in [0.4, 0.5) is 5.95 Å². The van der Waals surface area contributed by atoms with E-state index in [4.69, 9.17) is 0 Å². The number of para-hydroxylation sites is 1. The van der Waals surface area contributed by atoms with E-state index in [1.54, 1.807) is 0 Å². The summed E-state index contributed by atoms with van der Waals surface area (Å²) < 4.78 is 0. The Labute approximate surface area is 113 Å². The van der Waals surface area contributed by atoms with Gasteiger partial charge in [-0.25, -0.2) is 9.97 Å². The molecule has 1 aliphatic heterocycles. The predicted molar refractivity (Wildman–Crippen MR) is 78.3 cm³/mol. The molecule has 2 heterocycles. The van der Waals surface area contributed by atoms with Gasteiger partial charge in [0.1, 0.15) is 0 Å². The van der Waals surface area contributed by atoms with Gasteiger partial charge in [0, 0.05) is 24.2 Å². The number of hydrogen-bond donors (Lipinski definition) is 1. The number of likely N-dealkylation sites (tertiary alicyclic amines) is 1. The van der Waals surface area contributed by atoms with Crippen LogP contribution in [-0.4, -0.2) is 40.5 Å².